The summed E-state index contributed by atoms with van der Waals surface area (Å²) in [5.74, 6) is -3.75. The van der Waals surface area contributed by atoms with E-state index in [0.717, 1.165) is 16.9 Å². The lowest BCUT2D eigenvalue weighted by atomic mass is 10.3. The maximum atomic E-state index is 13.4. The van der Waals surface area contributed by atoms with E-state index in [9.17, 15) is 13.6 Å². The highest BCUT2D eigenvalue weighted by molar-refractivity contribution is 5.92. The minimum atomic E-state index is -1.29. The number of nitrogen functional groups attached to an aromatic ring is 1. The number of rotatable bonds is 2. The summed E-state index contributed by atoms with van der Waals surface area (Å²) in [5, 5.41) is 12.4. The van der Waals surface area contributed by atoms with Crippen molar-refractivity contribution >= 4 is 11.8 Å². The van der Waals surface area contributed by atoms with Gasteiger partial charge in [-0.2, -0.15) is 5.10 Å². The van der Waals surface area contributed by atoms with Gasteiger partial charge in [0.15, 0.2) is 11.6 Å². The third-order valence-corrected chi connectivity index (χ3v) is 2.20. The average Bonchev–Trinajstić information content (AvgIpc) is 2.64. The zero-order valence-corrected chi connectivity index (χ0v) is 8.39. The van der Waals surface area contributed by atoms with Crippen LogP contribution in [0.4, 0.5) is 14.6 Å². The second kappa shape index (κ2) is 3.85. The summed E-state index contributed by atoms with van der Waals surface area (Å²) in [6, 6.07) is 3.46. The van der Waals surface area contributed by atoms with Crippen LogP contribution in [0, 0.1) is 11.6 Å². The number of carboxylic acid groups (broad SMARTS) is 1. The van der Waals surface area contributed by atoms with Gasteiger partial charge < -0.3 is 10.8 Å². The van der Waals surface area contributed by atoms with Gasteiger partial charge in [-0.1, -0.05) is 6.07 Å². The first kappa shape index (κ1) is 11.1. The van der Waals surface area contributed by atoms with Crippen LogP contribution in [0.15, 0.2) is 24.4 Å². The maximum Gasteiger partial charge on any atom is 0.341 e. The van der Waals surface area contributed by atoms with Crippen LogP contribution >= 0.6 is 0 Å². The van der Waals surface area contributed by atoms with E-state index in [1.807, 2.05) is 0 Å². The van der Waals surface area contributed by atoms with Crippen LogP contribution in [0.3, 0.4) is 0 Å². The van der Waals surface area contributed by atoms with Crippen molar-refractivity contribution in [1.29, 1.82) is 0 Å². The largest absolute Gasteiger partial charge is 0.477 e. The molecule has 1 aromatic heterocycles. The molecule has 0 atom stereocenters. The van der Waals surface area contributed by atoms with E-state index in [2.05, 4.69) is 5.10 Å². The second-order valence-electron chi connectivity index (χ2n) is 3.23. The lowest BCUT2D eigenvalue weighted by Gasteiger charge is -2.05. The molecule has 0 saturated carbocycles. The Labute approximate surface area is 94.1 Å². The van der Waals surface area contributed by atoms with Crippen LogP contribution in [0.1, 0.15) is 10.4 Å². The summed E-state index contributed by atoms with van der Waals surface area (Å²) in [7, 11) is 0. The maximum absolute atomic E-state index is 13.4. The molecule has 7 heteroatoms. The zero-order valence-electron chi connectivity index (χ0n) is 8.39. The number of anilines is 1. The molecule has 2 rings (SSSR count). The molecule has 0 aliphatic heterocycles. The second-order valence-corrected chi connectivity index (χ2v) is 3.23. The molecular weight excluding hydrogens is 232 g/mol. The van der Waals surface area contributed by atoms with Crippen molar-refractivity contribution in [1.82, 2.24) is 9.78 Å². The predicted octanol–water partition coefficient (Wildman–Crippen LogP) is 1.43. The van der Waals surface area contributed by atoms with Crippen molar-refractivity contribution in [3.63, 3.8) is 0 Å². The molecule has 17 heavy (non-hydrogen) atoms. The van der Waals surface area contributed by atoms with Crippen LogP contribution in [0.2, 0.25) is 0 Å². The van der Waals surface area contributed by atoms with Crippen LogP contribution in [0.5, 0.6) is 0 Å². The predicted molar refractivity (Wildman–Crippen MR) is 54.9 cm³/mol. The number of nitrogens with zero attached hydrogens (tertiary/aromatic N) is 2. The zero-order chi connectivity index (χ0) is 12.6. The highest BCUT2D eigenvalue weighted by Gasteiger charge is 2.18. The molecule has 0 radical (unpaired) electrons. The van der Waals surface area contributed by atoms with Crippen molar-refractivity contribution in [3.8, 4) is 5.69 Å². The van der Waals surface area contributed by atoms with Gasteiger partial charge >= 0.3 is 5.97 Å². The Kier molecular flexibility index (Phi) is 2.51. The Morgan fingerprint density at radius 1 is 1.41 bits per heavy atom. The highest BCUT2D eigenvalue weighted by Crippen LogP contribution is 2.20. The van der Waals surface area contributed by atoms with Gasteiger partial charge in [-0.25, -0.2) is 18.3 Å². The summed E-state index contributed by atoms with van der Waals surface area (Å²) in [5.41, 5.74) is 4.98. The number of hydrogen-bond donors (Lipinski definition) is 2. The van der Waals surface area contributed by atoms with E-state index in [-0.39, 0.29) is 17.1 Å². The summed E-state index contributed by atoms with van der Waals surface area (Å²) in [6.45, 7) is 0. The number of carboxylic acids is 1. The lowest BCUT2D eigenvalue weighted by Crippen LogP contribution is -2.07. The molecular formula is C10H7F2N3O2. The monoisotopic (exact) mass is 239 g/mol. The van der Waals surface area contributed by atoms with E-state index in [1.54, 1.807) is 0 Å². The van der Waals surface area contributed by atoms with E-state index in [1.165, 1.54) is 12.1 Å². The molecule has 0 aliphatic rings. The molecule has 2 aromatic rings. The fraction of sp³-hybridized carbons (Fsp3) is 0. The van der Waals surface area contributed by atoms with Gasteiger partial charge in [-0.15, -0.1) is 0 Å². The van der Waals surface area contributed by atoms with Gasteiger partial charge in [0, 0.05) is 0 Å². The first-order chi connectivity index (χ1) is 8.02. The molecule has 5 nitrogen and oxygen atoms in total. The summed E-state index contributed by atoms with van der Waals surface area (Å²) >= 11 is 0. The molecule has 0 unspecified atom stereocenters. The molecule has 88 valence electrons. The summed E-state index contributed by atoms with van der Waals surface area (Å²) in [4.78, 5) is 10.7. The van der Waals surface area contributed by atoms with E-state index < -0.39 is 17.6 Å². The highest BCUT2D eigenvalue weighted by atomic mass is 19.2. The Balaban J connectivity index is 2.62. The Bertz CT molecular complexity index is 595. The van der Waals surface area contributed by atoms with Crippen LogP contribution in [0.25, 0.3) is 5.69 Å². The fourth-order valence-corrected chi connectivity index (χ4v) is 1.37. The van der Waals surface area contributed by atoms with Gasteiger partial charge in [0.2, 0.25) is 0 Å². The Hall–Kier alpha value is -2.44. The first-order valence-electron chi connectivity index (χ1n) is 4.53. The van der Waals surface area contributed by atoms with E-state index in [0.29, 0.717) is 0 Å². The fourth-order valence-electron chi connectivity index (χ4n) is 1.37. The Morgan fingerprint density at radius 3 is 2.71 bits per heavy atom. The van der Waals surface area contributed by atoms with Crippen molar-refractivity contribution in [2.75, 3.05) is 5.73 Å². The topological polar surface area (TPSA) is 81.1 Å². The molecule has 1 heterocycles. The van der Waals surface area contributed by atoms with Crippen molar-refractivity contribution in [2.24, 2.45) is 0 Å². The molecule has 0 amide bonds. The minimum Gasteiger partial charge on any atom is -0.477 e. The molecule has 0 fully saturated rings. The third kappa shape index (κ3) is 1.71. The summed E-state index contributed by atoms with van der Waals surface area (Å²) in [6.07, 6.45) is 0.974. The number of nitrogens with two attached hydrogens (primary N) is 1. The van der Waals surface area contributed by atoms with Crippen molar-refractivity contribution < 1.29 is 18.7 Å². The van der Waals surface area contributed by atoms with Crippen molar-refractivity contribution in [3.05, 3.63) is 41.6 Å². The normalized spacial score (nSPS) is 10.5. The molecule has 0 bridgehead atoms. The van der Waals surface area contributed by atoms with E-state index >= 15 is 0 Å². The lowest BCUT2D eigenvalue weighted by molar-refractivity contribution is 0.0698. The average molecular weight is 239 g/mol. The molecule has 0 saturated heterocycles. The molecule has 1 aromatic carbocycles. The minimum absolute atomic E-state index is 0.241. The van der Waals surface area contributed by atoms with Gasteiger partial charge in [-0.3, -0.25) is 0 Å². The standard InChI is InChI=1S/C10H7F2N3O2/c11-6-2-1-3-7(8(6)12)15-9(13)5(4-14-15)10(16)17/h1-4H,13H2,(H,16,17). The van der Waals surface area contributed by atoms with Gasteiger partial charge in [-0.05, 0) is 12.1 Å². The number of benzene rings is 1. The number of halogens is 2. The van der Waals surface area contributed by atoms with Gasteiger partial charge in [0.1, 0.15) is 17.1 Å². The molecule has 0 aliphatic carbocycles. The summed E-state index contributed by atoms with van der Waals surface area (Å²) < 4.78 is 27.3. The van der Waals surface area contributed by atoms with Crippen LogP contribution < -0.4 is 5.73 Å². The number of aromatic nitrogens is 2. The van der Waals surface area contributed by atoms with Gasteiger partial charge in [0.25, 0.3) is 0 Å². The molecule has 3 N–H and O–H groups in total. The molecule has 0 spiro atoms. The Morgan fingerprint density at radius 2 is 2.12 bits per heavy atom. The van der Waals surface area contributed by atoms with E-state index in [4.69, 9.17) is 10.8 Å². The van der Waals surface area contributed by atoms with Gasteiger partial charge in [0.05, 0.1) is 6.20 Å². The quantitative estimate of drug-likeness (QED) is 0.830. The number of carbonyl (C=O) groups is 1. The first-order valence-corrected chi connectivity index (χ1v) is 4.53. The SMILES string of the molecule is Nc1c(C(=O)O)cnn1-c1cccc(F)c1F. The van der Waals surface area contributed by atoms with Crippen LogP contribution in [-0.4, -0.2) is 20.9 Å². The van der Waals surface area contributed by atoms with Crippen LogP contribution in [-0.2, 0) is 0 Å². The number of hydrogen-bond acceptors (Lipinski definition) is 3. The number of aromatic carboxylic acids is 1. The smallest absolute Gasteiger partial charge is 0.341 e. The third-order valence-electron chi connectivity index (χ3n) is 2.20. The van der Waals surface area contributed by atoms with Crippen molar-refractivity contribution in [2.45, 2.75) is 0 Å².